The molecule has 0 aromatic carbocycles. The van der Waals surface area contributed by atoms with Crippen molar-refractivity contribution < 1.29 is 17.9 Å². The van der Waals surface area contributed by atoms with Crippen LogP contribution in [0.4, 0.5) is 0 Å². The molecule has 0 bridgehead atoms. The molecule has 2 rings (SSSR count). The van der Waals surface area contributed by atoms with Crippen LogP contribution in [-0.4, -0.2) is 61.2 Å². The second-order valence-corrected chi connectivity index (χ2v) is 7.41. The molecule has 1 unspecified atom stereocenters. The summed E-state index contributed by atoms with van der Waals surface area (Å²) in [4.78, 5) is 15.0. The van der Waals surface area contributed by atoms with E-state index in [1.54, 1.807) is 6.07 Å². The maximum atomic E-state index is 12.2. The molecular weight excluding hydrogens is 308 g/mol. The maximum absolute atomic E-state index is 12.2. The van der Waals surface area contributed by atoms with E-state index in [1.165, 1.54) is 35.0 Å². The van der Waals surface area contributed by atoms with Gasteiger partial charge in [0.2, 0.25) is 0 Å². The molecule has 8 nitrogen and oxygen atoms in total. The maximum Gasteiger partial charge on any atom is 0.281 e. The first-order valence-corrected chi connectivity index (χ1v) is 8.30. The molecular formula is C13H20N4O4S. The van der Waals surface area contributed by atoms with Crippen molar-refractivity contribution in [3.8, 4) is 5.75 Å². The highest BCUT2D eigenvalue weighted by molar-refractivity contribution is 7.86. The Hall–Kier alpha value is -1.71. The monoisotopic (exact) mass is 328 g/mol. The van der Waals surface area contributed by atoms with Gasteiger partial charge in [-0.3, -0.25) is 9.78 Å². The lowest BCUT2D eigenvalue weighted by Crippen LogP contribution is -2.48. The summed E-state index contributed by atoms with van der Waals surface area (Å²) < 4.78 is 32.7. The fourth-order valence-corrected chi connectivity index (χ4v) is 3.43. The van der Waals surface area contributed by atoms with Crippen molar-refractivity contribution in [1.29, 1.82) is 0 Å². The average molecular weight is 328 g/mol. The van der Waals surface area contributed by atoms with Crippen LogP contribution < -0.4 is 10.5 Å². The molecule has 0 aliphatic carbocycles. The zero-order valence-electron chi connectivity index (χ0n) is 12.6. The number of piperidine rings is 1. The first kappa shape index (κ1) is 16.7. The van der Waals surface area contributed by atoms with Crippen LogP contribution >= 0.6 is 0 Å². The highest BCUT2D eigenvalue weighted by Gasteiger charge is 2.31. The number of rotatable bonds is 5. The van der Waals surface area contributed by atoms with E-state index < -0.39 is 16.1 Å². The van der Waals surface area contributed by atoms with E-state index in [0.717, 1.165) is 6.42 Å². The van der Waals surface area contributed by atoms with E-state index in [9.17, 15) is 13.2 Å². The molecule has 1 aliphatic rings. The van der Waals surface area contributed by atoms with Crippen LogP contribution in [0.1, 0.15) is 23.3 Å². The Morgan fingerprint density at radius 1 is 1.50 bits per heavy atom. The summed E-state index contributed by atoms with van der Waals surface area (Å²) in [5.74, 6) is -0.177. The molecule has 2 heterocycles. The zero-order chi connectivity index (χ0) is 16.3. The first-order valence-electron chi connectivity index (χ1n) is 6.91. The van der Waals surface area contributed by atoms with Gasteiger partial charge in [-0.15, -0.1) is 0 Å². The number of aromatic nitrogens is 1. The van der Waals surface area contributed by atoms with Crippen molar-refractivity contribution in [2.75, 3.05) is 27.2 Å². The Morgan fingerprint density at radius 3 is 2.86 bits per heavy atom. The van der Waals surface area contributed by atoms with Gasteiger partial charge in [-0.1, -0.05) is 0 Å². The van der Waals surface area contributed by atoms with E-state index >= 15 is 0 Å². The molecule has 1 aromatic rings. The summed E-state index contributed by atoms with van der Waals surface area (Å²) in [5.41, 5.74) is 5.29. The summed E-state index contributed by atoms with van der Waals surface area (Å²) in [5, 5.41) is 0. The molecule has 9 heteroatoms. The first-order chi connectivity index (χ1) is 10.3. The largest absolute Gasteiger partial charge is 0.489 e. The summed E-state index contributed by atoms with van der Waals surface area (Å²) >= 11 is 0. The Morgan fingerprint density at radius 2 is 2.23 bits per heavy atom. The summed E-state index contributed by atoms with van der Waals surface area (Å²) in [6.45, 7) is 0.748. The number of hydrogen-bond acceptors (Lipinski definition) is 5. The van der Waals surface area contributed by atoms with Crippen molar-refractivity contribution in [3.05, 3.63) is 24.0 Å². The molecule has 0 saturated carbocycles. The van der Waals surface area contributed by atoms with E-state index in [4.69, 9.17) is 10.5 Å². The highest BCUT2D eigenvalue weighted by Crippen LogP contribution is 2.21. The van der Waals surface area contributed by atoms with E-state index in [0.29, 0.717) is 18.7 Å². The number of pyridine rings is 1. The summed E-state index contributed by atoms with van der Waals surface area (Å²) in [7, 11) is -0.443. The van der Waals surface area contributed by atoms with Gasteiger partial charge in [-0.25, -0.2) is 0 Å². The highest BCUT2D eigenvalue weighted by atomic mass is 32.2. The molecule has 1 aromatic heterocycles. The predicted molar refractivity (Wildman–Crippen MR) is 80.6 cm³/mol. The molecule has 0 radical (unpaired) electrons. The second kappa shape index (κ2) is 6.59. The van der Waals surface area contributed by atoms with Crippen LogP contribution in [0.2, 0.25) is 0 Å². The van der Waals surface area contributed by atoms with Crippen molar-refractivity contribution in [1.82, 2.24) is 13.6 Å². The number of carbonyl (C=O) groups is 1. The lowest BCUT2D eigenvalue weighted by Gasteiger charge is -2.33. The van der Waals surface area contributed by atoms with Gasteiger partial charge in [0.15, 0.2) is 0 Å². The Kier molecular flexibility index (Phi) is 4.99. The van der Waals surface area contributed by atoms with Crippen molar-refractivity contribution in [2.24, 2.45) is 5.73 Å². The smallest absolute Gasteiger partial charge is 0.281 e. The van der Waals surface area contributed by atoms with Crippen molar-refractivity contribution in [2.45, 2.75) is 18.9 Å². The molecule has 1 atom stereocenters. The van der Waals surface area contributed by atoms with Crippen molar-refractivity contribution in [3.63, 3.8) is 0 Å². The number of nitrogens with two attached hydrogens (primary N) is 1. The van der Waals surface area contributed by atoms with Gasteiger partial charge in [0.05, 0.1) is 6.54 Å². The quantitative estimate of drug-likeness (QED) is 0.808. The molecule has 22 heavy (non-hydrogen) atoms. The third kappa shape index (κ3) is 3.73. The van der Waals surface area contributed by atoms with Gasteiger partial charge >= 0.3 is 0 Å². The minimum Gasteiger partial charge on any atom is -0.489 e. The van der Waals surface area contributed by atoms with Gasteiger partial charge < -0.3 is 10.5 Å². The third-order valence-corrected chi connectivity index (χ3v) is 5.32. The lowest BCUT2D eigenvalue weighted by molar-refractivity contribution is 0.0993. The van der Waals surface area contributed by atoms with Crippen LogP contribution in [0.5, 0.6) is 5.75 Å². The Labute approximate surface area is 130 Å². The fraction of sp³-hybridized carbons (Fsp3) is 0.538. The van der Waals surface area contributed by atoms with E-state index in [2.05, 4.69) is 4.98 Å². The number of carbonyl (C=O) groups excluding carboxylic acids is 1. The molecule has 1 aliphatic heterocycles. The second-order valence-electron chi connectivity index (χ2n) is 5.27. The van der Waals surface area contributed by atoms with Crippen molar-refractivity contribution >= 4 is 16.1 Å². The van der Waals surface area contributed by atoms with Crippen LogP contribution in [0, 0.1) is 0 Å². The minimum absolute atomic E-state index is 0.117. The van der Waals surface area contributed by atoms with Gasteiger partial charge in [0.1, 0.15) is 17.5 Å². The number of amides is 1. The van der Waals surface area contributed by atoms with Gasteiger partial charge in [0.25, 0.3) is 16.1 Å². The van der Waals surface area contributed by atoms with Crippen LogP contribution in [0.15, 0.2) is 18.3 Å². The van der Waals surface area contributed by atoms with Gasteiger partial charge in [0, 0.05) is 32.9 Å². The summed E-state index contributed by atoms with van der Waals surface area (Å²) in [6, 6.07) is 3.08. The van der Waals surface area contributed by atoms with E-state index in [-0.39, 0.29) is 18.3 Å². The fourth-order valence-electron chi connectivity index (χ4n) is 2.25. The molecule has 1 fully saturated rings. The standard InChI is InChI=1S/C13H20N4O4S/c1-16(2)22(19,20)17-7-3-4-11(9-17)21-10-5-6-15-12(8-10)13(14)18/h5-6,8,11H,3-4,7,9H2,1-2H3,(H2,14,18). The molecule has 2 N–H and O–H groups in total. The molecule has 0 spiro atoms. The molecule has 1 saturated heterocycles. The molecule has 122 valence electrons. The average Bonchev–Trinajstić information content (AvgIpc) is 2.47. The predicted octanol–water partition coefficient (Wildman–Crippen LogP) is -0.170. The summed E-state index contributed by atoms with van der Waals surface area (Å²) in [6.07, 6.45) is 2.62. The van der Waals surface area contributed by atoms with Crippen LogP contribution in [-0.2, 0) is 10.2 Å². The zero-order valence-corrected chi connectivity index (χ0v) is 13.4. The Bertz CT molecular complexity index is 647. The van der Waals surface area contributed by atoms with Crippen LogP contribution in [0.3, 0.4) is 0 Å². The van der Waals surface area contributed by atoms with Gasteiger partial charge in [-0.2, -0.15) is 17.0 Å². The third-order valence-electron chi connectivity index (χ3n) is 3.42. The van der Waals surface area contributed by atoms with Crippen LogP contribution in [0.25, 0.3) is 0 Å². The Balaban J connectivity index is 2.08. The van der Waals surface area contributed by atoms with Gasteiger partial charge in [-0.05, 0) is 18.9 Å². The topological polar surface area (TPSA) is 106 Å². The number of primary amides is 1. The number of ether oxygens (including phenoxy) is 1. The lowest BCUT2D eigenvalue weighted by atomic mass is 10.1. The minimum atomic E-state index is -3.45. The normalized spacial score (nSPS) is 20.0. The number of nitrogens with zero attached hydrogens (tertiary/aromatic N) is 3. The molecule has 1 amide bonds. The SMILES string of the molecule is CN(C)S(=O)(=O)N1CCCC(Oc2ccnc(C(N)=O)c2)C1. The number of hydrogen-bond donors (Lipinski definition) is 1. The van der Waals surface area contributed by atoms with E-state index in [1.807, 2.05) is 0 Å².